The van der Waals surface area contributed by atoms with Gasteiger partial charge in [0.25, 0.3) is 0 Å². The lowest BCUT2D eigenvalue weighted by Crippen LogP contribution is -2.49. The zero-order valence-corrected chi connectivity index (χ0v) is 14.4. The van der Waals surface area contributed by atoms with Crippen LogP contribution in [-0.4, -0.2) is 55.6 Å². The van der Waals surface area contributed by atoms with Crippen molar-refractivity contribution in [2.75, 3.05) is 39.8 Å². The van der Waals surface area contributed by atoms with Crippen LogP contribution in [0.4, 0.5) is 0 Å². The topological polar surface area (TPSA) is 18.5 Å². The second-order valence-corrected chi connectivity index (χ2v) is 8.03. The van der Waals surface area contributed by atoms with Crippen molar-refractivity contribution in [3.05, 3.63) is 20.8 Å². The summed E-state index contributed by atoms with van der Waals surface area (Å²) in [6.45, 7) is 10.5. The van der Waals surface area contributed by atoms with Crippen molar-refractivity contribution in [1.82, 2.24) is 15.1 Å². The highest BCUT2D eigenvalue weighted by Gasteiger charge is 2.17. The minimum absolute atomic E-state index is 0.429. The smallest absolute Gasteiger partial charge is 0.0701 e. The van der Waals surface area contributed by atoms with Crippen LogP contribution < -0.4 is 5.32 Å². The first-order chi connectivity index (χ1) is 9.04. The van der Waals surface area contributed by atoms with E-state index < -0.39 is 0 Å². The maximum Gasteiger partial charge on any atom is 0.0701 e. The molecule has 0 aromatic carbocycles. The molecule has 2 rings (SSSR count). The standard InChI is InChI=1S/C14H24BrN3S/c1-11(10-18-8-6-17(3)7-9-18)16-12(2)13-4-5-14(15)19-13/h4-5,11-12,16H,6-10H2,1-3H3/t11-,12-/m1/s1. The molecule has 1 aliphatic rings. The molecule has 1 aromatic rings. The molecule has 0 saturated carbocycles. The summed E-state index contributed by atoms with van der Waals surface area (Å²) in [7, 11) is 2.20. The minimum Gasteiger partial charge on any atom is -0.306 e. The number of hydrogen-bond donors (Lipinski definition) is 1. The molecule has 0 unspecified atom stereocenters. The molecular formula is C14H24BrN3S. The SMILES string of the molecule is C[C@H](CN1CCN(C)CC1)N[C@H](C)c1ccc(Br)s1. The van der Waals surface area contributed by atoms with Crippen LogP contribution in [0.3, 0.4) is 0 Å². The van der Waals surface area contributed by atoms with E-state index in [0.29, 0.717) is 12.1 Å². The molecule has 108 valence electrons. The zero-order chi connectivity index (χ0) is 13.8. The van der Waals surface area contributed by atoms with E-state index in [2.05, 4.69) is 64.1 Å². The van der Waals surface area contributed by atoms with Crippen molar-refractivity contribution in [3.8, 4) is 0 Å². The van der Waals surface area contributed by atoms with Crippen LogP contribution in [-0.2, 0) is 0 Å². The highest BCUT2D eigenvalue weighted by molar-refractivity contribution is 9.11. The Hall–Kier alpha value is 0.0600. The predicted molar refractivity (Wildman–Crippen MR) is 87.0 cm³/mol. The normalized spacial score (nSPS) is 21.5. The zero-order valence-electron chi connectivity index (χ0n) is 12.0. The van der Waals surface area contributed by atoms with Crippen molar-refractivity contribution >= 4 is 27.3 Å². The number of hydrogen-bond acceptors (Lipinski definition) is 4. The average Bonchev–Trinajstić information content (AvgIpc) is 2.79. The Kier molecular flexibility index (Phi) is 5.84. The summed E-state index contributed by atoms with van der Waals surface area (Å²) < 4.78 is 1.21. The Morgan fingerprint density at radius 3 is 2.53 bits per heavy atom. The Morgan fingerprint density at radius 1 is 1.26 bits per heavy atom. The van der Waals surface area contributed by atoms with Gasteiger partial charge >= 0.3 is 0 Å². The number of nitrogens with zero attached hydrogens (tertiary/aromatic N) is 2. The number of halogens is 1. The second kappa shape index (κ2) is 7.18. The van der Waals surface area contributed by atoms with Crippen LogP contribution in [0, 0.1) is 0 Å². The quantitative estimate of drug-likeness (QED) is 0.885. The van der Waals surface area contributed by atoms with E-state index in [4.69, 9.17) is 0 Å². The maximum atomic E-state index is 3.70. The van der Waals surface area contributed by atoms with Gasteiger partial charge in [-0.1, -0.05) is 0 Å². The van der Waals surface area contributed by atoms with Crippen LogP contribution in [0.5, 0.6) is 0 Å². The fourth-order valence-electron chi connectivity index (χ4n) is 2.54. The van der Waals surface area contributed by atoms with Gasteiger partial charge in [0.15, 0.2) is 0 Å². The monoisotopic (exact) mass is 345 g/mol. The number of nitrogens with one attached hydrogen (secondary N) is 1. The summed E-state index contributed by atoms with van der Waals surface area (Å²) >= 11 is 5.35. The van der Waals surface area contributed by atoms with E-state index in [0.717, 1.165) is 6.54 Å². The molecule has 5 heteroatoms. The lowest BCUT2D eigenvalue weighted by Gasteiger charge is -2.34. The summed E-state index contributed by atoms with van der Waals surface area (Å²) in [6, 6.07) is 5.29. The summed E-state index contributed by atoms with van der Waals surface area (Å²) in [5.74, 6) is 0. The Labute approximate surface area is 129 Å². The molecular weight excluding hydrogens is 322 g/mol. The summed E-state index contributed by atoms with van der Waals surface area (Å²) in [4.78, 5) is 6.37. The van der Waals surface area contributed by atoms with Gasteiger partial charge in [0.2, 0.25) is 0 Å². The van der Waals surface area contributed by atoms with Crippen molar-refractivity contribution in [1.29, 1.82) is 0 Å². The highest BCUT2D eigenvalue weighted by atomic mass is 79.9. The molecule has 0 radical (unpaired) electrons. The highest BCUT2D eigenvalue weighted by Crippen LogP contribution is 2.27. The van der Waals surface area contributed by atoms with E-state index in [1.54, 1.807) is 0 Å². The van der Waals surface area contributed by atoms with Gasteiger partial charge in [0.1, 0.15) is 0 Å². The number of thiophene rings is 1. The molecule has 1 aliphatic heterocycles. The van der Waals surface area contributed by atoms with Gasteiger partial charge in [-0.15, -0.1) is 11.3 Å². The van der Waals surface area contributed by atoms with Crippen molar-refractivity contribution in [2.24, 2.45) is 0 Å². The number of likely N-dealkylation sites (N-methyl/N-ethyl adjacent to an activating group) is 1. The molecule has 0 amide bonds. The molecule has 19 heavy (non-hydrogen) atoms. The van der Waals surface area contributed by atoms with E-state index in [-0.39, 0.29) is 0 Å². The molecule has 1 saturated heterocycles. The van der Waals surface area contributed by atoms with Crippen molar-refractivity contribution in [3.63, 3.8) is 0 Å². The summed E-state index contributed by atoms with van der Waals surface area (Å²) in [5, 5.41) is 3.70. The average molecular weight is 346 g/mol. The minimum atomic E-state index is 0.429. The van der Waals surface area contributed by atoms with E-state index in [1.165, 1.54) is 34.8 Å². The fraction of sp³-hybridized carbons (Fsp3) is 0.714. The second-order valence-electron chi connectivity index (χ2n) is 5.54. The Balaban J connectivity index is 1.76. The molecule has 1 N–H and O–H groups in total. The lowest BCUT2D eigenvalue weighted by molar-refractivity contribution is 0.142. The first-order valence-corrected chi connectivity index (χ1v) is 8.57. The van der Waals surface area contributed by atoms with Crippen molar-refractivity contribution in [2.45, 2.75) is 25.9 Å². The van der Waals surface area contributed by atoms with Crippen LogP contribution >= 0.6 is 27.3 Å². The molecule has 2 heterocycles. The largest absolute Gasteiger partial charge is 0.306 e. The van der Waals surface area contributed by atoms with Crippen molar-refractivity contribution < 1.29 is 0 Å². The third kappa shape index (κ3) is 4.83. The van der Waals surface area contributed by atoms with Gasteiger partial charge in [0, 0.05) is 49.7 Å². The molecule has 0 spiro atoms. The number of rotatable bonds is 5. The maximum absolute atomic E-state index is 3.70. The molecule has 0 bridgehead atoms. The van der Waals surface area contributed by atoms with Crippen LogP contribution in [0.2, 0.25) is 0 Å². The van der Waals surface area contributed by atoms with Gasteiger partial charge in [-0.3, -0.25) is 4.90 Å². The van der Waals surface area contributed by atoms with Gasteiger partial charge in [0.05, 0.1) is 3.79 Å². The third-order valence-electron chi connectivity index (χ3n) is 3.68. The van der Waals surface area contributed by atoms with Gasteiger partial charge in [-0.2, -0.15) is 0 Å². The van der Waals surface area contributed by atoms with E-state index in [9.17, 15) is 0 Å². The van der Waals surface area contributed by atoms with Gasteiger partial charge in [-0.25, -0.2) is 0 Å². The predicted octanol–water partition coefficient (Wildman–Crippen LogP) is 2.80. The van der Waals surface area contributed by atoms with E-state index >= 15 is 0 Å². The van der Waals surface area contributed by atoms with Crippen LogP contribution in [0.1, 0.15) is 24.8 Å². The first kappa shape index (κ1) is 15.4. The fourth-order valence-corrected chi connectivity index (χ4v) is 3.98. The molecule has 1 aromatic heterocycles. The third-order valence-corrected chi connectivity index (χ3v) is 5.49. The lowest BCUT2D eigenvalue weighted by atomic mass is 10.2. The summed E-state index contributed by atoms with van der Waals surface area (Å²) in [5.41, 5.74) is 0. The number of piperazine rings is 1. The molecule has 2 atom stereocenters. The van der Waals surface area contributed by atoms with Crippen LogP contribution in [0.15, 0.2) is 15.9 Å². The molecule has 3 nitrogen and oxygen atoms in total. The van der Waals surface area contributed by atoms with E-state index in [1.807, 2.05) is 11.3 Å². The Bertz CT molecular complexity index is 388. The van der Waals surface area contributed by atoms with Gasteiger partial charge < -0.3 is 10.2 Å². The van der Waals surface area contributed by atoms with Crippen LogP contribution in [0.25, 0.3) is 0 Å². The molecule has 1 fully saturated rings. The van der Waals surface area contributed by atoms with Gasteiger partial charge in [-0.05, 0) is 49.0 Å². The Morgan fingerprint density at radius 2 is 1.95 bits per heavy atom. The summed E-state index contributed by atoms with van der Waals surface area (Å²) in [6.07, 6.45) is 0. The molecule has 0 aliphatic carbocycles. The first-order valence-electron chi connectivity index (χ1n) is 6.97.